The molecule has 2 aliphatic heterocycles. The maximum Gasteiger partial charge on any atom is 0.323 e. The van der Waals surface area contributed by atoms with Gasteiger partial charge in [-0.3, -0.25) is 4.79 Å². The minimum Gasteiger partial charge on any atom is -0.456 e. The van der Waals surface area contributed by atoms with Gasteiger partial charge in [-0.05, 0) is 19.4 Å². The Balaban J connectivity index is 1.74. The summed E-state index contributed by atoms with van der Waals surface area (Å²) in [6, 6.07) is -0.0643. The zero-order valence-corrected chi connectivity index (χ0v) is 6.91. The van der Waals surface area contributed by atoms with Crippen molar-refractivity contribution in [3.05, 3.63) is 0 Å². The number of hydrogen-bond acceptors (Lipinski definition) is 4. The molecule has 2 saturated heterocycles. The second kappa shape index (κ2) is 3.41. The van der Waals surface area contributed by atoms with Crippen molar-refractivity contribution in [3.63, 3.8) is 0 Å². The van der Waals surface area contributed by atoms with Gasteiger partial charge in [-0.2, -0.15) is 0 Å². The molecule has 2 heterocycles. The van der Waals surface area contributed by atoms with Gasteiger partial charge in [0.05, 0.1) is 13.2 Å². The van der Waals surface area contributed by atoms with Crippen molar-refractivity contribution in [1.29, 1.82) is 0 Å². The Morgan fingerprint density at radius 2 is 2.33 bits per heavy atom. The first kappa shape index (κ1) is 8.01. The Morgan fingerprint density at radius 3 is 2.83 bits per heavy atom. The van der Waals surface area contributed by atoms with E-state index in [1.54, 1.807) is 0 Å². The van der Waals surface area contributed by atoms with Crippen LogP contribution in [-0.2, 0) is 14.3 Å². The van der Waals surface area contributed by atoms with E-state index in [4.69, 9.17) is 9.47 Å². The molecule has 0 aliphatic carbocycles. The number of carbonyl (C=O) groups excluding carboxylic acids is 1. The highest BCUT2D eigenvalue weighted by Gasteiger charge is 2.29. The van der Waals surface area contributed by atoms with Crippen molar-refractivity contribution in [3.8, 4) is 0 Å². The molecule has 0 spiro atoms. The molecule has 2 rings (SSSR count). The Kier molecular flexibility index (Phi) is 2.28. The number of esters is 1. The third kappa shape index (κ3) is 1.59. The molecule has 0 amide bonds. The van der Waals surface area contributed by atoms with E-state index >= 15 is 0 Å². The lowest BCUT2D eigenvalue weighted by Crippen LogP contribution is -2.42. The average molecular weight is 171 g/mol. The third-order valence-corrected chi connectivity index (χ3v) is 2.24. The van der Waals surface area contributed by atoms with Gasteiger partial charge in [-0.25, -0.2) is 0 Å². The monoisotopic (exact) mass is 171 g/mol. The molecule has 12 heavy (non-hydrogen) atoms. The lowest BCUT2D eigenvalue weighted by atomic mass is 10.2. The van der Waals surface area contributed by atoms with Crippen LogP contribution < -0.4 is 5.32 Å². The quantitative estimate of drug-likeness (QED) is 0.578. The highest BCUT2D eigenvalue weighted by atomic mass is 16.6. The van der Waals surface area contributed by atoms with Gasteiger partial charge in [0.1, 0.15) is 12.1 Å². The Bertz CT molecular complexity index is 173. The van der Waals surface area contributed by atoms with Crippen LogP contribution in [0.2, 0.25) is 0 Å². The minimum atomic E-state index is -0.110. The minimum absolute atomic E-state index is 0.0138. The predicted octanol–water partition coefficient (Wildman–Crippen LogP) is -0.320. The molecule has 1 atom stereocenters. The molecule has 0 aromatic heterocycles. The Labute approximate surface area is 71.2 Å². The van der Waals surface area contributed by atoms with Gasteiger partial charge in [0, 0.05) is 0 Å². The second-order valence-electron chi connectivity index (χ2n) is 3.25. The highest BCUT2D eigenvalue weighted by Crippen LogP contribution is 2.11. The van der Waals surface area contributed by atoms with Crippen LogP contribution in [0.25, 0.3) is 0 Å². The summed E-state index contributed by atoms with van der Waals surface area (Å²) in [6.45, 7) is 2.07. The van der Waals surface area contributed by atoms with E-state index in [0.717, 1.165) is 19.4 Å². The number of carbonyl (C=O) groups is 1. The summed E-state index contributed by atoms with van der Waals surface area (Å²) in [7, 11) is 0. The van der Waals surface area contributed by atoms with Crippen molar-refractivity contribution in [1.82, 2.24) is 5.32 Å². The van der Waals surface area contributed by atoms with Gasteiger partial charge >= 0.3 is 5.97 Å². The maximum atomic E-state index is 11.3. The molecule has 2 fully saturated rings. The molecule has 1 N–H and O–H groups in total. The summed E-state index contributed by atoms with van der Waals surface area (Å²) in [4.78, 5) is 11.3. The normalized spacial score (nSPS) is 29.8. The van der Waals surface area contributed by atoms with Crippen LogP contribution in [0.3, 0.4) is 0 Å². The van der Waals surface area contributed by atoms with Crippen LogP contribution in [-0.4, -0.2) is 37.9 Å². The van der Waals surface area contributed by atoms with E-state index in [1.165, 1.54) is 0 Å². The van der Waals surface area contributed by atoms with Crippen LogP contribution in [0.1, 0.15) is 12.8 Å². The van der Waals surface area contributed by atoms with Crippen LogP contribution in [0.5, 0.6) is 0 Å². The number of rotatable bonds is 2. The first-order chi connectivity index (χ1) is 5.86. The van der Waals surface area contributed by atoms with Crippen LogP contribution in [0, 0.1) is 0 Å². The van der Waals surface area contributed by atoms with Crippen LogP contribution in [0.15, 0.2) is 0 Å². The standard InChI is InChI=1S/C8H13NO3/c10-8(7-2-1-3-9-7)12-6-4-11-5-6/h6-7,9H,1-5H2. The molecular formula is C8H13NO3. The summed E-state index contributed by atoms with van der Waals surface area (Å²) in [5.41, 5.74) is 0. The summed E-state index contributed by atoms with van der Waals surface area (Å²) in [6.07, 6.45) is 1.99. The molecule has 0 radical (unpaired) electrons. The molecule has 4 nitrogen and oxygen atoms in total. The molecule has 0 saturated carbocycles. The zero-order valence-electron chi connectivity index (χ0n) is 6.91. The maximum absolute atomic E-state index is 11.3. The number of nitrogens with one attached hydrogen (secondary N) is 1. The van der Waals surface area contributed by atoms with Crippen LogP contribution in [0.4, 0.5) is 0 Å². The largest absolute Gasteiger partial charge is 0.456 e. The summed E-state index contributed by atoms with van der Waals surface area (Å²) in [5, 5.41) is 3.09. The smallest absolute Gasteiger partial charge is 0.323 e. The summed E-state index contributed by atoms with van der Waals surface area (Å²) in [5.74, 6) is -0.110. The lowest BCUT2D eigenvalue weighted by Gasteiger charge is -2.26. The van der Waals surface area contributed by atoms with Crippen molar-refractivity contribution in [2.24, 2.45) is 0 Å². The van der Waals surface area contributed by atoms with Crippen molar-refractivity contribution < 1.29 is 14.3 Å². The fraction of sp³-hybridized carbons (Fsp3) is 0.875. The van der Waals surface area contributed by atoms with E-state index in [0.29, 0.717) is 13.2 Å². The second-order valence-corrected chi connectivity index (χ2v) is 3.25. The fourth-order valence-corrected chi connectivity index (χ4v) is 1.41. The first-order valence-electron chi connectivity index (χ1n) is 4.38. The van der Waals surface area contributed by atoms with Crippen molar-refractivity contribution >= 4 is 5.97 Å². The van der Waals surface area contributed by atoms with E-state index in [2.05, 4.69) is 5.32 Å². The molecular weight excluding hydrogens is 158 g/mol. The van der Waals surface area contributed by atoms with Gasteiger partial charge in [0.15, 0.2) is 0 Å². The van der Waals surface area contributed by atoms with Crippen LogP contribution >= 0.6 is 0 Å². The van der Waals surface area contributed by atoms with Gasteiger partial charge in [-0.15, -0.1) is 0 Å². The fourth-order valence-electron chi connectivity index (χ4n) is 1.41. The molecule has 0 aromatic carbocycles. The molecule has 0 bridgehead atoms. The molecule has 0 aromatic rings. The highest BCUT2D eigenvalue weighted by molar-refractivity contribution is 5.76. The Hall–Kier alpha value is -0.610. The molecule has 2 aliphatic rings. The van der Waals surface area contributed by atoms with Gasteiger partial charge in [0.2, 0.25) is 0 Å². The molecule has 1 unspecified atom stereocenters. The van der Waals surface area contributed by atoms with Crippen molar-refractivity contribution in [2.75, 3.05) is 19.8 Å². The number of hydrogen-bond donors (Lipinski definition) is 1. The van der Waals surface area contributed by atoms with E-state index in [9.17, 15) is 4.79 Å². The Morgan fingerprint density at radius 1 is 1.50 bits per heavy atom. The summed E-state index contributed by atoms with van der Waals surface area (Å²) < 4.78 is 10.0. The van der Waals surface area contributed by atoms with E-state index < -0.39 is 0 Å². The van der Waals surface area contributed by atoms with Gasteiger partial charge < -0.3 is 14.8 Å². The van der Waals surface area contributed by atoms with E-state index in [1.807, 2.05) is 0 Å². The van der Waals surface area contributed by atoms with E-state index in [-0.39, 0.29) is 18.1 Å². The number of ether oxygens (including phenoxy) is 2. The predicted molar refractivity (Wildman–Crippen MR) is 41.7 cm³/mol. The lowest BCUT2D eigenvalue weighted by molar-refractivity contribution is -0.174. The molecule has 4 heteroatoms. The zero-order chi connectivity index (χ0) is 8.39. The summed E-state index contributed by atoms with van der Waals surface area (Å²) >= 11 is 0. The molecule has 68 valence electrons. The first-order valence-corrected chi connectivity index (χ1v) is 4.38. The van der Waals surface area contributed by atoms with Crippen molar-refractivity contribution in [2.45, 2.75) is 25.0 Å². The topological polar surface area (TPSA) is 47.6 Å². The average Bonchev–Trinajstić information content (AvgIpc) is 2.47. The third-order valence-electron chi connectivity index (χ3n) is 2.24. The van der Waals surface area contributed by atoms with Gasteiger partial charge in [0.25, 0.3) is 0 Å². The SMILES string of the molecule is O=C(OC1COC1)C1CCCN1. The van der Waals surface area contributed by atoms with Gasteiger partial charge in [-0.1, -0.05) is 0 Å².